The summed E-state index contributed by atoms with van der Waals surface area (Å²) >= 11 is 0. The zero-order chi connectivity index (χ0) is 14.7. The summed E-state index contributed by atoms with van der Waals surface area (Å²) in [6, 6.07) is -0.0723. The topological polar surface area (TPSA) is 72.6 Å². The van der Waals surface area contributed by atoms with Gasteiger partial charge in [-0.3, -0.25) is 0 Å². The van der Waals surface area contributed by atoms with E-state index in [1.807, 2.05) is 20.8 Å². The molecule has 5 nitrogen and oxygen atoms in total. The number of rotatable bonds is 6. The molecule has 0 aliphatic carbocycles. The lowest BCUT2D eigenvalue weighted by Gasteiger charge is -2.37. The van der Waals surface area contributed by atoms with E-state index in [0.717, 1.165) is 19.3 Å². The number of piperidine rings is 1. The van der Waals surface area contributed by atoms with Gasteiger partial charge in [0.2, 0.25) is 10.0 Å². The fourth-order valence-electron chi connectivity index (χ4n) is 2.64. The van der Waals surface area contributed by atoms with Crippen LogP contribution in [0.3, 0.4) is 0 Å². The zero-order valence-corrected chi connectivity index (χ0v) is 13.4. The molecule has 0 saturated carbocycles. The maximum absolute atomic E-state index is 11.6. The van der Waals surface area contributed by atoms with Crippen LogP contribution in [0.1, 0.15) is 40.0 Å². The molecule has 0 amide bonds. The molecule has 1 aliphatic heterocycles. The third-order valence-corrected chi connectivity index (χ3v) is 5.22. The molecule has 19 heavy (non-hydrogen) atoms. The average molecular weight is 292 g/mol. The van der Waals surface area contributed by atoms with E-state index in [-0.39, 0.29) is 11.6 Å². The van der Waals surface area contributed by atoms with Gasteiger partial charge in [0, 0.05) is 25.7 Å². The average Bonchev–Trinajstić information content (AvgIpc) is 2.28. The Balaban J connectivity index is 2.57. The molecule has 114 valence electrons. The highest BCUT2D eigenvalue weighted by molar-refractivity contribution is 7.88. The molecule has 0 spiro atoms. The van der Waals surface area contributed by atoms with E-state index in [0.29, 0.717) is 25.6 Å². The third kappa shape index (κ3) is 5.02. The minimum Gasteiger partial charge on any atom is -0.374 e. The van der Waals surface area contributed by atoms with Gasteiger partial charge in [0.25, 0.3) is 0 Å². The number of nitrogens with zero attached hydrogens (tertiary/aromatic N) is 1. The molecule has 0 aromatic carbocycles. The lowest BCUT2D eigenvalue weighted by molar-refractivity contribution is -0.0352. The Morgan fingerprint density at radius 3 is 2.63 bits per heavy atom. The van der Waals surface area contributed by atoms with Crippen LogP contribution >= 0.6 is 0 Å². The quantitative estimate of drug-likeness (QED) is 0.798. The first-order valence-electron chi connectivity index (χ1n) is 7.01. The van der Waals surface area contributed by atoms with E-state index in [1.165, 1.54) is 6.26 Å². The second-order valence-electron chi connectivity index (χ2n) is 6.01. The van der Waals surface area contributed by atoms with E-state index < -0.39 is 10.0 Å². The van der Waals surface area contributed by atoms with Gasteiger partial charge in [-0.25, -0.2) is 12.7 Å². The number of sulfonamides is 1. The smallest absolute Gasteiger partial charge is 0.211 e. The summed E-state index contributed by atoms with van der Waals surface area (Å²) in [5.74, 6) is 0.332. The minimum atomic E-state index is -3.08. The molecular weight excluding hydrogens is 264 g/mol. The summed E-state index contributed by atoms with van der Waals surface area (Å²) in [5.41, 5.74) is 5.87. The SMILES string of the molecule is CCOC(C)(C)C(N)CC1CCCN(S(C)(=O)=O)C1. The van der Waals surface area contributed by atoms with Gasteiger partial charge < -0.3 is 10.5 Å². The van der Waals surface area contributed by atoms with Crippen molar-refractivity contribution in [2.45, 2.75) is 51.7 Å². The van der Waals surface area contributed by atoms with Crippen LogP contribution in [0.5, 0.6) is 0 Å². The number of nitrogens with two attached hydrogens (primary N) is 1. The Morgan fingerprint density at radius 2 is 2.11 bits per heavy atom. The Kier molecular flexibility index (Phi) is 5.79. The Hall–Kier alpha value is -0.170. The number of hydrogen-bond donors (Lipinski definition) is 1. The molecule has 0 radical (unpaired) electrons. The van der Waals surface area contributed by atoms with Crippen molar-refractivity contribution < 1.29 is 13.2 Å². The summed E-state index contributed by atoms with van der Waals surface area (Å²) in [6.45, 7) is 7.83. The minimum absolute atomic E-state index is 0.0723. The summed E-state index contributed by atoms with van der Waals surface area (Å²) in [4.78, 5) is 0. The summed E-state index contributed by atoms with van der Waals surface area (Å²) < 4.78 is 30.4. The van der Waals surface area contributed by atoms with Crippen molar-refractivity contribution in [3.05, 3.63) is 0 Å². The van der Waals surface area contributed by atoms with Gasteiger partial charge in [0.05, 0.1) is 11.9 Å². The summed E-state index contributed by atoms with van der Waals surface area (Å²) in [6.07, 6.45) is 4.04. The van der Waals surface area contributed by atoms with Gasteiger partial charge >= 0.3 is 0 Å². The number of hydrogen-bond acceptors (Lipinski definition) is 4. The molecule has 1 rings (SSSR count). The first-order valence-corrected chi connectivity index (χ1v) is 8.86. The third-order valence-electron chi connectivity index (χ3n) is 3.95. The Labute approximate surface area is 117 Å². The molecule has 1 aliphatic rings. The van der Waals surface area contributed by atoms with Crippen LogP contribution in [0.15, 0.2) is 0 Å². The van der Waals surface area contributed by atoms with E-state index in [2.05, 4.69) is 0 Å². The first kappa shape index (κ1) is 16.9. The summed E-state index contributed by atoms with van der Waals surface area (Å²) in [7, 11) is -3.08. The molecule has 1 fully saturated rings. The molecule has 1 saturated heterocycles. The van der Waals surface area contributed by atoms with Crippen molar-refractivity contribution in [3.8, 4) is 0 Å². The summed E-state index contributed by atoms with van der Waals surface area (Å²) in [5, 5.41) is 0. The standard InChI is InChI=1S/C13H28N2O3S/c1-5-18-13(2,3)12(14)9-11-7-6-8-15(10-11)19(4,16)17/h11-12H,5-10,14H2,1-4H3. The van der Waals surface area contributed by atoms with Crippen molar-refractivity contribution in [3.63, 3.8) is 0 Å². The second kappa shape index (κ2) is 6.52. The monoisotopic (exact) mass is 292 g/mol. The van der Waals surface area contributed by atoms with Crippen LogP contribution in [0, 0.1) is 5.92 Å². The largest absolute Gasteiger partial charge is 0.374 e. The van der Waals surface area contributed by atoms with Gasteiger partial charge in [-0.2, -0.15) is 0 Å². The van der Waals surface area contributed by atoms with Crippen molar-refractivity contribution in [2.75, 3.05) is 26.0 Å². The van der Waals surface area contributed by atoms with E-state index in [1.54, 1.807) is 4.31 Å². The highest BCUT2D eigenvalue weighted by atomic mass is 32.2. The van der Waals surface area contributed by atoms with Crippen LogP contribution in [0.25, 0.3) is 0 Å². The maximum atomic E-state index is 11.6. The van der Waals surface area contributed by atoms with Crippen LogP contribution in [-0.2, 0) is 14.8 Å². The van der Waals surface area contributed by atoms with Gasteiger partial charge in [-0.15, -0.1) is 0 Å². The lowest BCUT2D eigenvalue weighted by atomic mass is 9.86. The van der Waals surface area contributed by atoms with Crippen molar-refractivity contribution in [1.82, 2.24) is 4.31 Å². The first-order chi connectivity index (χ1) is 8.66. The van der Waals surface area contributed by atoms with Gasteiger partial charge in [-0.1, -0.05) is 0 Å². The highest BCUT2D eigenvalue weighted by Gasteiger charge is 2.32. The lowest BCUT2D eigenvalue weighted by Crippen LogP contribution is -2.48. The molecule has 2 N–H and O–H groups in total. The van der Waals surface area contributed by atoms with E-state index >= 15 is 0 Å². The van der Waals surface area contributed by atoms with E-state index in [9.17, 15) is 8.42 Å². The highest BCUT2D eigenvalue weighted by Crippen LogP contribution is 2.26. The molecule has 6 heteroatoms. The molecule has 2 atom stereocenters. The normalized spacial score (nSPS) is 24.4. The number of ether oxygens (including phenoxy) is 1. The Morgan fingerprint density at radius 1 is 1.47 bits per heavy atom. The van der Waals surface area contributed by atoms with Crippen LogP contribution in [0.2, 0.25) is 0 Å². The van der Waals surface area contributed by atoms with Crippen molar-refractivity contribution >= 4 is 10.0 Å². The Bertz CT molecular complexity index is 381. The predicted octanol–water partition coefficient (Wildman–Crippen LogP) is 1.19. The zero-order valence-electron chi connectivity index (χ0n) is 12.6. The van der Waals surface area contributed by atoms with Gasteiger partial charge in [0.15, 0.2) is 0 Å². The molecular formula is C13H28N2O3S. The molecule has 2 unspecified atom stereocenters. The molecule has 1 heterocycles. The van der Waals surface area contributed by atoms with Crippen molar-refractivity contribution in [2.24, 2.45) is 11.7 Å². The van der Waals surface area contributed by atoms with Crippen LogP contribution < -0.4 is 5.73 Å². The molecule has 0 bridgehead atoms. The van der Waals surface area contributed by atoms with Crippen molar-refractivity contribution in [1.29, 1.82) is 0 Å². The fraction of sp³-hybridized carbons (Fsp3) is 1.00. The van der Waals surface area contributed by atoms with Crippen LogP contribution in [0.4, 0.5) is 0 Å². The molecule has 0 aromatic rings. The van der Waals surface area contributed by atoms with Gasteiger partial charge in [-0.05, 0) is 46.0 Å². The maximum Gasteiger partial charge on any atom is 0.211 e. The second-order valence-corrected chi connectivity index (χ2v) is 7.99. The van der Waals surface area contributed by atoms with Gasteiger partial charge in [0.1, 0.15) is 0 Å². The predicted molar refractivity (Wildman–Crippen MR) is 77.4 cm³/mol. The van der Waals surface area contributed by atoms with E-state index in [4.69, 9.17) is 10.5 Å². The van der Waals surface area contributed by atoms with Crippen LogP contribution in [-0.4, -0.2) is 50.3 Å². The fourth-order valence-corrected chi connectivity index (χ4v) is 3.58. The molecule has 0 aromatic heterocycles.